The molecule has 1 N–H and O–H groups in total. The molecule has 0 bridgehead atoms. The number of nitrogens with zero attached hydrogens (tertiary/aromatic N) is 1. The van der Waals surface area contributed by atoms with Gasteiger partial charge in [0, 0.05) is 12.5 Å². The lowest BCUT2D eigenvalue weighted by Crippen LogP contribution is -2.41. The monoisotopic (exact) mass is 335 g/mol. The van der Waals surface area contributed by atoms with E-state index in [0.29, 0.717) is 48.4 Å². The number of hydrogen-bond donors (Lipinski definition) is 1. The average molecular weight is 335 g/mol. The highest BCUT2D eigenvalue weighted by atomic mass is 16.5. The number of methoxy groups -OCH3 is 1. The van der Waals surface area contributed by atoms with Crippen LogP contribution in [0.5, 0.6) is 0 Å². The minimum atomic E-state index is -0.764. The van der Waals surface area contributed by atoms with Crippen molar-refractivity contribution in [3.05, 3.63) is 23.2 Å². The first-order valence-corrected chi connectivity index (χ1v) is 8.73. The zero-order valence-electron chi connectivity index (χ0n) is 14.3. The third-order valence-corrected chi connectivity index (χ3v) is 5.43. The van der Waals surface area contributed by atoms with Crippen LogP contribution in [0.2, 0.25) is 0 Å². The van der Waals surface area contributed by atoms with E-state index in [1.54, 1.807) is 6.07 Å². The lowest BCUT2D eigenvalue weighted by atomic mass is 9.85. The first kappa shape index (κ1) is 17.0. The van der Waals surface area contributed by atoms with Crippen LogP contribution in [0.25, 0.3) is 0 Å². The van der Waals surface area contributed by atoms with Gasteiger partial charge in [-0.3, -0.25) is 9.69 Å². The topological polar surface area (TPSA) is 80.0 Å². The van der Waals surface area contributed by atoms with Gasteiger partial charge >= 0.3 is 11.9 Å². The summed E-state index contributed by atoms with van der Waals surface area (Å²) < 4.78 is 10.6. The second-order valence-electron chi connectivity index (χ2n) is 6.77. The van der Waals surface area contributed by atoms with Gasteiger partial charge in [-0.2, -0.15) is 0 Å². The van der Waals surface area contributed by atoms with Crippen LogP contribution in [0, 0.1) is 5.92 Å². The normalized spacial score (nSPS) is 27.0. The number of rotatable bonds is 5. The van der Waals surface area contributed by atoms with E-state index in [4.69, 9.17) is 9.15 Å². The van der Waals surface area contributed by atoms with Crippen LogP contribution in [0.15, 0.2) is 10.5 Å². The highest BCUT2D eigenvalue weighted by molar-refractivity contribution is 5.90. The Morgan fingerprint density at radius 2 is 2.12 bits per heavy atom. The summed E-state index contributed by atoms with van der Waals surface area (Å²) in [4.78, 5) is 25.6. The molecule has 2 aliphatic rings. The van der Waals surface area contributed by atoms with Gasteiger partial charge in [0.2, 0.25) is 0 Å². The third-order valence-electron chi connectivity index (χ3n) is 5.43. The Kier molecular flexibility index (Phi) is 4.94. The highest BCUT2D eigenvalue weighted by Crippen LogP contribution is 2.40. The van der Waals surface area contributed by atoms with E-state index in [9.17, 15) is 14.7 Å². The highest BCUT2D eigenvalue weighted by Gasteiger charge is 2.45. The molecule has 1 saturated heterocycles. The number of esters is 1. The Bertz CT molecular complexity index is 623. The van der Waals surface area contributed by atoms with Crippen LogP contribution in [0.1, 0.15) is 60.9 Å². The SMILES string of the molecule is CCc1oc(CN2C(C(=O)O)CC3CCCCC32)cc1C(=O)OC. The lowest BCUT2D eigenvalue weighted by molar-refractivity contribution is -0.143. The minimum Gasteiger partial charge on any atom is -0.480 e. The van der Waals surface area contributed by atoms with Crippen LogP contribution in [-0.4, -0.2) is 41.1 Å². The Morgan fingerprint density at radius 1 is 1.38 bits per heavy atom. The van der Waals surface area contributed by atoms with Gasteiger partial charge in [-0.25, -0.2) is 4.79 Å². The molecule has 0 spiro atoms. The first-order chi connectivity index (χ1) is 11.5. The van der Waals surface area contributed by atoms with Gasteiger partial charge in [-0.15, -0.1) is 0 Å². The molecule has 1 aliphatic heterocycles. The van der Waals surface area contributed by atoms with Crippen molar-refractivity contribution in [1.29, 1.82) is 0 Å². The van der Waals surface area contributed by atoms with E-state index < -0.39 is 18.0 Å². The van der Waals surface area contributed by atoms with Crippen molar-refractivity contribution < 1.29 is 23.8 Å². The molecule has 3 atom stereocenters. The van der Waals surface area contributed by atoms with Crippen molar-refractivity contribution in [3.8, 4) is 0 Å². The molecular formula is C18H25NO5. The molecule has 2 heterocycles. The van der Waals surface area contributed by atoms with E-state index in [0.717, 1.165) is 19.3 Å². The quantitative estimate of drug-likeness (QED) is 0.834. The maximum Gasteiger partial charge on any atom is 0.341 e. The van der Waals surface area contributed by atoms with Crippen LogP contribution < -0.4 is 0 Å². The van der Waals surface area contributed by atoms with Gasteiger partial charge in [0.1, 0.15) is 23.1 Å². The number of aliphatic carboxylic acids is 1. The van der Waals surface area contributed by atoms with E-state index >= 15 is 0 Å². The summed E-state index contributed by atoms with van der Waals surface area (Å²) in [6.45, 7) is 2.35. The number of likely N-dealkylation sites (tertiary alicyclic amines) is 1. The lowest BCUT2D eigenvalue weighted by Gasteiger charge is -2.32. The minimum absolute atomic E-state index is 0.302. The predicted molar refractivity (Wildman–Crippen MR) is 86.8 cm³/mol. The predicted octanol–water partition coefficient (Wildman–Crippen LogP) is 2.85. The summed E-state index contributed by atoms with van der Waals surface area (Å²) in [5, 5.41) is 9.59. The largest absolute Gasteiger partial charge is 0.480 e. The van der Waals surface area contributed by atoms with Crippen LogP contribution >= 0.6 is 0 Å². The van der Waals surface area contributed by atoms with Crippen molar-refractivity contribution in [2.45, 2.75) is 64.1 Å². The second kappa shape index (κ2) is 6.97. The number of carbonyl (C=O) groups excluding carboxylic acids is 1. The number of furan rings is 1. The van der Waals surface area contributed by atoms with E-state index in [1.807, 2.05) is 6.92 Å². The molecule has 24 heavy (non-hydrogen) atoms. The number of hydrogen-bond acceptors (Lipinski definition) is 5. The van der Waals surface area contributed by atoms with Gasteiger partial charge in [0.05, 0.1) is 13.7 Å². The molecule has 0 amide bonds. The van der Waals surface area contributed by atoms with E-state index in [1.165, 1.54) is 13.5 Å². The van der Waals surface area contributed by atoms with Crippen LogP contribution in [-0.2, 0) is 22.5 Å². The molecule has 3 rings (SSSR count). The van der Waals surface area contributed by atoms with Gasteiger partial charge in [-0.1, -0.05) is 19.8 Å². The van der Waals surface area contributed by atoms with Crippen molar-refractivity contribution in [2.24, 2.45) is 5.92 Å². The fraction of sp³-hybridized carbons (Fsp3) is 0.667. The summed E-state index contributed by atoms with van der Waals surface area (Å²) >= 11 is 0. The van der Waals surface area contributed by atoms with E-state index in [2.05, 4.69) is 4.90 Å². The summed E-state index contributed by atoms with van der Waals surface area (Å²) in [6.07, 6.45) is 5.80. The summed E-state index contributed by atoms with van der Waals surface area (Å²) in [5.74, 6) is 0.529. The van der Waals surface area contributed by atoms with Crippen LogP contribution in [0.3, 0.4) is 0 Å². The first-order valence-electron chi connectivity index (χ1n) is 8.73. The molecule has 1 aromatic rings. The average Bonchev–Trinajstić information content (AvgIpc) is 3.16. The molecule has 1 aromatic heterocycles. The standard InChI is InChI=1S/C18H25NO5/c1-3-16-13(18(22)23-2)9-12(24-16)10-19-14-7-5-4-6-11(14)8-15(19)17(20)21/h9,11,14-15H,3-8,10H2,1-2H3,(H,20,21). The maximum absolute atomic E-state index is 11.9. The molecule has 0 aromatic carbocycles. The smallest absolute Gasteiger partial charge is 0.341 e. The molecule has 6 nitrogen and oxygen atoms in total. The Labute approximate surface area is 141 Å². The van der Waals surface area contributed by atoms with Crippen molar-refractivity contribution in [2.75, 3.05) is 7.11 Å². The fourth-order valence-corrected chi connectivity index (χ4v) is 4.31. The Hall–Kier alpha value is -1.82. The van der Waals surface area contributed by atoms with E-state index in [-0.39, 0.29) is 0 Å². The molecule has 0 radical (unpaired) electrons. The number of ether oxygens (including phenoxy) is 1. The molecule has 3 unspecified atom stereocenters. The molecule has 2 fully saturated rings. The van der Waals surface area contributed by atoms with Crippen molar-refractivity contribution in [3.63, 3.8) is 0 Å². The Balaban J connectivity index is 1.84. The van der Waals surface area contributed by atoms with Crippen molar-refractivity contribution >= 4 is 11.9 Å². The zero-order valence-corrected chi connectivity index (χ0v) is 14.3. The number of fused-ring (bicyclic) bond motifs is 1. The molecule has 1 saturated carbocycles. The molecule has 6 heteroatoms. The van der Waals surface area contributed by atoms with Gasteiger partial charge in [0.25, 0.3) is 0 Å². The van der Waals surface area contributed by atoms with Gasteiger partial charge in [0.15, 0.2) is 0 Å². The van der Waals surface area contributed by atoms with Gasteiger partial charge < -0.3 is 14.3 Å². The van der Waals surface area contributed by atoms with Gasteiger partial charge in [-0.05, 0) is 31.2 Å². The summed E-state index contributed by atoms with van der Waals surface area (Å²) in [5.41, 5.74) is 0.446. The molecular weight excluding hydrogens is 310 g/mol. The number of carbonyl (C=O) groups is 2. The summed E-state index contributed by atoms with van der Waals surface area (Å²) in [7, 11) is 1.35. The maximum atomic E-state index is 11.9. The number of carboxylic acid groups (broad SMARTS) is 1. The molecule has 132 valence electrons. The Morgan fingerprint density at radius 3 is 2.79 bits per heavy atom. The third kappa shape index (κ3) is 3.07. The van der Waals surface area contributed by atoms with Crippen LogP contribution in [0.4, 0.5) is 0 Å². The number of aryl methyl sites for hydroxylation is 1. The fourth-order valence-electron chi connectivity index (χ4n) is 4.31. The molecule has 1 aliphatic carbocycles. The van der Waals surface area contributed by atoms with Crippen molar-refractivity contribution in [1.82, 2.24) is 4.90 Å². The summed E-state index contributed by atoms with van der Waals surface area (Å²) in [6, 6.07) is 1.55. The zero-order chi connectivity index (χ0) is 17.3. The second-order valence-corrected chi connectivity index (χ2v) is 6.77. The number of carboxylic acids is 1.